The fourth-order valence-corrected chi connectivity index (χ4v) is 4.74. The van der Waals surface area contributed by atoms with Crippen molar-refractivity contribution in [3.05, 3.63) is 35.4 Å². The summed E-state index contributed by atoms with van der Waals surface area (Å²) in [5, 5.41) is 7.59. The van der Waals surface area contributed by atoms with E-state index in [1.807, 2.05) is 0 Å². The van der Waals surface area contributed by atoms with Crippen molar-refractivity contribution in [3.63, 3.8) is 0 Å². The third-order valence-corrected chi connectivity index (χ3v) is 5.92. The minimum Gasteiger partial charge on any atom is -0.379 e. The van der Waals surface area contributed by atoms with E-state index >= 15 is 0 Å². The van der Waals surface area contributed by atoms with Crippen LogP contribution < -0.4 is 10.6 Å². The monoisotopic (exact) mass is 300 g/mol. The number of ether oxygens (including phenoxy) is 1. The third-order valence-electron chi connectivity index (χ3n) is 5.92. The van der Waals surface area contributed by atoms with E-state index in [-0.39, 0.29) is 0 Å². The molecule has 4 atom stereocenters. The van der Waals surface area contributed by atoms with E-state index in [0.29, 0.717) is 18.0 Å². The van der Waals surface area contributed by atoms with Crippen LogP contribution in [0.3, 0.4) is 0 Å². The van der Waals surface area contributed by atoms with Gasteiger partial charge in [0.1, 0.15) is 0 Å². The molecule has 2 N–H and O–H groups in total. The number of rotatable bonds is 4. The zero-order chi connectivity index (χ0) is 14.8. The van der Waals surface area contributed by atoms with Crippen LogP contribution in [0, 0.1) is 5.92 Å². The Morgan fingerprint density at radius 3 is 3.05 bits per heavy atom. The molecule has 2 aliphatic carbocycles. The lowest BCUT2D eigenvalue weighted by Crippen LogP contribution is -2.51. The smallest absolute Gasteiger partial charge is 0.0623 e. The van der Waals surface area contributed by atoms with Crippen LogP contribution in [0.1, 0.15) is 42.7 Å². The standard InChI is InChI=1S/C19H28N2O/c1-2-5-16-14(4-1)8-9-15(16)12-21-18-7-3-6-17(18)19-13-22-11-10-20-19/h1-2,4-5,15,17-21H,3,6-13H2. The highest BCUT2D eigenvalue weighted by atomic mass is 16.5. The number of fused-ring (bicyclic) bond motifs is 1. The topological polar surface area (TPSA) is 33.3 Å². The van der Waals surface area contributed by atoms with Gasteiger partial charge < -0.3 is 15.4 Å². The van der Waals surface area contributed by atoms with E-state index in [9.17, 15) is 0 Å². The van der Waals surface area contributed by atoms with Gasteiger partial charge in [0.2, 0.25) is 0 Å². The van der Waals surface area contributed by atoms with Crippen molar-refractivity contribution in [2.75, 3.05) is 26.3 Å². The largest absolute Gasteiger partial charge is 0.379 e. The van der Waals surface area contributed by atoms with Crippen molar-refractivity contribution < 1.29 is 4.74 Å². The van der Waals surface area contributed by atoms with Crippen LogP contribution in [0.5, 0.6) is 0 Å². The molecule has 3 nitrogen and oxygen atoms in total. The van der Waals surface area contributed by atoms with Gasteiger partial charge in [-0.3, -0.25) is 0 Å². The van der Waals surface area contributed by atoms with Crippen molar-refractivity contribution in [2.45, 2.75) is 50.1 Å². The third kappa shape index (κ3) is 2.94. The predicted octanol–water partition coefficient (Wildman–Crippen LogP) is 2.46. The Balaban J connectivity index is 1.35. The minimum atomic E-state index is 0.560. The quantitative estimate of drug-likeness (QED) is 0.896. The molecular formula is C19H28N2O. The van der Waals surface area contributed by atoms with Gasteiger partial charge in [-0.2, -0.15) is 0 Å². The van der Waals surface area contributed by atoms with Crippen LogP contribution in [0.2, 0.25) is 0 Å². The number of nitrogens with one attached hydrogen (secondary N) is 2. The van der Waals surface area contributed by atoms with Crippen LogP contribution in [-0.2, 0) is 11.2 Å². The first-order valence-corrected chi connectivity index (χ1v) is 9.04. The molecule has 0 aromatic heterocycles. The Labute approximate surface area is 133 Å². The summed E-state index contributed by atoms with van der Waals surface area (Å²) in [7, 11) is 0. The number of morpholine rings is 1. The average molecular weight is 300 g/mol. The second kappa shape index (κ2) is 6.69. The molecule has 3 heteroatoms. The normalized spacial score (nSPS) is 34.7. The van der Waals surface area contributed by atoms with Gasteiger partial charge in [0.25, 0.3) is 0 Å². The maximum absolute atomic E-state index is 5.68. The lowest BCUT2D eigenvalue weighted by Gasteiger charge is -2.33. The average Bonchev–Trinajstić information content (AvgIpc) is 3.20. The maximum Gasteiger partial charge on any atom is 0.0623 e. The SMILES string of the molecule is c1ccc2c(c1)CCC2CNC1CCCC1C1COCCN1. The van der Waals surface area contributed by atoms with Crippen LogP contribution in [0.25, 0.3) is 0 Å². The second-order valence-electron chi connectivity index (χ2n) is 7.18. The molecule has 0 bridgehead atoms. The molecule has 4 unspecified atom stereocenters. The van der Waals surface area contributed by atoms with Crippen molar-refractivity contribution in [1.82, 2.24) is 10.6 Å². The molecule has 120 valence electrons. The first-order chi connectivity index (χ1) is 10.9. The van der Waals surface area contributed by atoms with Crippen LogP contribution in [-0.4, -0.2) is 38.4 Å². The molecule has 0 spiro atoms. The van der Waals surface area contributed by atoms with E-state index in [4.69, 9.17) is 4.74 Å². The first kappa shape index (κ1) is 14.7. The number of hydrogen-bond donors (Lipinski definition) is 2. The van der Waals surface area contributed by atoms with Crippen molar-refractivity contribution in [3.8, 4) is 0 Å². The molecule has 0 amide bonds. The van der Waals surface area contributed by atoms with Crippen molar-refractivity contribution in [2.24, 2.45) is 5.92 Å². The molecule has 3 aliphatic rings. The summed E-state index contributed by atoms with van der Waals surface area (Å²) in [4.78, 5) is 0. The van der Waals surface area contributed by atoms with Crippen LogP contribution in [0.4, 0.5) is 0 Å². The van der Waals surface area contributed by atoms with Gasteiger partial charge in [0.05, 0.1) is 13.2 Å². The van der Waals surface area contributed by atoms with Gasteiger partial charge in [-0.05, 0) is 48.6 Å². The highest BCUT2D eigenvalue weighted by Gasteiger charge is 2.35. The maximum atomic E-state index is 5.68. The summed E-state index contributed by atoms with van der Waals surface area (Å²) >= 11 is 0. The van der Waals surface area contributed by atoms with E-state index in [0.717, 1.165) is 32.2 Å². The Morgan fingerprint density at radius 2 is 2.14 bits per heavy atom. The van der Waals surface area contributed by atoms with Crippen molar-refractivity contribution in [1.29, 1.82) is 0 Å². The van der Waals surface area contributed by atoms with E-state index in [1.165, 1.54) is 32.1 Å². The molecule has 1 saturated carbocycles. The molecule has 0 radical (unpaired) electrons. The fraction of sp³-hybridized carbons (Fsp3) is 0.684. The molecule has 1 saturated heterocycles. The lowest BCUT2D eigenvalue weighted by molar-refractivity contribution is 0.0524. The van der Waals surface area contributed by atoms with E-state index in [1.54, 1.807) is 11.1 Å². The first-order valence-electron chi connectivity index (χ1n) is 9.04. The van der Waals surface area contributed by atoms with Crippen LogP contribution >= 0.6 is 0 Å². The summed E-state index contributed by atoms with van der Waals surface area (Å²) in [6.45, 7) is 3.94. The van der Waals surface area contributed by atoms with Gasteiger partial charge in [-0.1, -0.05) is 30.7 Å². The summed E-state index contributed by atoms with van der Waals surface area (Å²) < 4.78 is 5.68. The molecule has 4 rings (SSSR count). The number of aryl methyl sites for hydroxylation is 1. The molecular weight excluding hydrogens is 272 g/mol. The summed E-state index contributed by atoms with van der Waals surface area (Å²) in [6, 6.07) is 10.2. The van der Waals surface area contributed by atoms with E-state index < -0.39 is 0 Å². The lowest BCUT2D eigenvalue weighted by atomic mass is 9.93. The zero-order valence-corrected chi connectivity index (χ0v) is 13.4. The molecule has 1 aliphatic heterocycles. The van der Waals surface area contributed by atoms with Gasteiger partial charge in [-0.25, -0.2) is 0 Å². The minimum absolute atomic E-state index is 0.560. The summed E-state index contributed by atoms with van der Waals surface area (Å²) in [5.74, 6) is 1.46. The highest BCUT2D eigenvalue weighted by molar-refractivity contribution is 5.35. The van der Waals surface area contributed by atoms with Crippen molar-refractivity contribution >= 4 is 0 Å². The van der Waals surface area contributed by atoms with Gasteiger partial charge in [0.15, 0.2) is 0 Å². The molecule has 2 fully saturated rings. The van der Waals surface area contributed by atoms with E-state index in [2.05, 4.69) is 34.9 Å². The Bertz CT molecular complexity index is 498. The van der Waals surface area contributed by atoms with Gasteiger partial charge >= 0.3 is 0 Å². The Kier molecular flexibility index (Phi) is 4.47. The molecule has 22 heavy (non-hydrogen) atoms. The molecule has 1 aromatic rings. The van der Waals surface area contributed by atoms with Gasteiger partial charge in [-0.15, -0.1) is 0 Å². The summed E-state index contributed by atoms with van der Waals surface area (Å²) in [5.41, 5.74) is 3.16. The van der Waals surface area contributed by atoms with Gasteiger partial charge in [0, 0.05) is 25.2 Å². The number of hydrogen-bond acceptors (Lipinski definition) is 3. The highest BCUT2D eigenvalue weighted by Crippen LogP contribution is 2.34. The molecule has 1 aromatic carbocycles. The Morgan fingerprint density at radius 1 is 1.18 bits per heavy atom. The Hall–Kier alpha value is -0.900. The zero-order valence-electron chi connectivity index (χ0n) is 13.4. The fourth-order valence-electron chi connectivity index (χ4n) is 4.74. The molecule has 1 heterocycles. The number of benzene rings is 1. The van der Waals surface area contributed by atoms with Crippen LogP contribution in [0.15, 0.2) is 24.3 Å². The summed E-state index contributed by atoms with van der Waals surface area (Å²) in [6.07, 6.45) is 6.61. The predicted molar refractivity (Wildman–Crippen MR) is 89.2 cm³/mol. The second-order valence-corrected chi connectivity index (χ2v) is 7.18.